The van der Waals surface area contributed by atoms with Gasteiger partial charge in [0, 0.05) is 0 Å². The van der Waals surface area contributed by atoms with Crippen LogP contribution in [-0.2, 0) is 11.5 Å². The zero-order chi connectivity index (χ0) is 14.4. The quantitative estimate of drug-likeness (QED) is 0.618. The Bertz CT molecular complexity index is 582. The molecule has 106 valence electrons. The Labute approximate surface area is 113 Å². The molecule has 7 nitrogen and oxygen atoms in total. The molecular weight excluding hydrogens is 269 g/mol. The van der Waals surface area contributed by atoms with Crippen molar-refractivity contribution in [2.45, 2.75) is 6.61 Å². The van der Waals surface area contributed by atoms with Gasteiger partial charge in [-0.2, -0.15) is 9.87 Å². The van der Waals surface area contributed by atoms with Crippen LogP contribution in [0.1, 0.15) is 5.56 Å². The van der Waals surface area contributed by atoms with Gasteiger partial charge < -0.3 is 9.62 Å². The Hall–Kier alpha value is -2.45. The number of anilines is 1. The van der Waals surface area contributed by atoms with Crippen molar-refractivity contribution in [3.63, 3.8) is 0 Å². The van der Waals surface area contributed by atoms with Crippen LogP contribution in [0.4, 0.5) is 10.2 Å². The van der Waals surface area contributed by atoms with E-state index in [0.717, 1.165) is 11.8 Å². The SMILES string of the molecule is COOc1cccc(COc2ncc(F)c(NO)n2)c1. The summed E-state index contributed by atoms with van der Waals surface area (Å²) in [6, 6.07) is 6.92. The third-order valence-corrected chi connectivity index (χ3v) is 2.27. The average molecular weight is 281 g/mol. The first-order chi connectivity index (χ1) is 9.72. The third kappa shape index (κ3) is 3.53. The molecule has 8 heteroatoms. The predicted molar refractivity (Wildman–Crippen MR) is 65.8 cm³/mol. The molecule has 2 aromatic rings. The smallest absolute Gasteiger partial charge is 0.318 e. The molecule has 20 heavy (non-hydrogen) atoms. The van der Waals surface area contributed by atoms with Crippen LogP contribution < -0.4 is 15.1 Å². The molecule has 2 rings (SSSR count). The van der Waals surface area contributed by atoms with Crippen molar-refractivity contribution < 1.29 is 24.1 Å². The number of benzene rings is 1. The molecule has 0 aliphatic rings. The van der Waals surface area contributed by atoms with Crippen LogP contribution in [0, 0.1) is 5.82 Å². The number of hydrogen-bond donors (Lipinski definition) is 2. The summed E-state index contributed by atoms with van der Waals surface area (Å²) < 4.78 is 18.3. The minimum atomic E-state index is -0.782. The van der Waals surface area contributed by atoms with E-state index >= 15 is 0 Å². The van der Waals surface area contributed by atoms with E-state index in [-0.39, 0.29) is 18.4 Å². The van der Waals surface area contributed by atoms with E-state index < -0.39 is 5.82 Å². The van der Waals surface area contributed by atoms with Crippen LogP contribution in [-0.4, -0.2) is 22.3 Å². The van der Waals surface area contributed by atoms with E-state index in [4.69, 9.17) is 14.8 Å². The van der Waals surface area contributed by atoms with Crippen LogP contribution in [0.15, 0.2) is 30.5 Å². The molecule has 1 aromatic carbocycles. The highest BCUT2D eigenvalue weighted by molar-refractivity contribution is 5.33. The largest absolute Gasteiger partial charge is 0.459 e. The van der Waals surface area contributed by atoms with Gasteiger partial charge >= 0.3 is 6.01 Å². The zero-order valence-corrected chi connectivity index (χ0v) is 10.5. The molecule has 0 aliphatic carbocycles. The van der Waals surface area contributed by atoms with Gasteiger partial charge in [0.2, 0.25) is 0 Å². The molecular formula is C12H12FN3O4. The molecule has 0 unspecified atom stereocenters. The Balaban J connectivity index is 2.03. The van der Waals surface area contributed by atoms with E-state index in [0.29, 0.717) is 5.75 Å². The van der Waals surface area contributed by atoms with Crippen molar-refractivity contribution in [2.24, 2.45) is 0 Å². The monoisotopic (exact) mass is 281 g/mol. The second kappa shape index (κ2) is 6.64. The lowest BCUT2D eigenvalue weighted by molar-refractivity contribution is -0.178. The van der Waals surface area contributed by atoms with Gasteiger partial charge in [-0.1, -0.05) is 12.1 Å². The average Bonchev–Trinajstić information content (AvgIpc) is 2.47. The molecule has 1 aromatic heterocycles. The van der Waals surface area contributed by atoms with Gasteiger partial charge in [0.15, 0.2) is 17.4 Å². The molecule has 0 radical (unpaired) electrons. The molecule has 1 heterocycles. The zero-order valence-electron chi connectivity index (χ0n) is 10.5. The van der Waals surface area contributed by atoms with Gasteiger partial charge in [0.25, 0.3) is 0 Å². The van der Waals surface area contributed by atoms with E-state index in [1.165, 1.54) is 7.11 Å². The first kappa shape index (κ1) is 14.0. The highest BCUT2D eigenvalue weighted by atomic mass is 19.1. The van der Waals surface area contributed by atoms with Gasteiger partial charge in [-0.3, -0.25) is 5.21 Å². The predicted octanol–water partition coefficient (Wildman–Crippen LogP) is 1.94. The lowest BCUT2D eigenvalue weighted by Gasteiger charge is -2.07. The molecule has 0 atom stereocenters. The number of aromatic nitrogens is 2. The summed E-state index contributed by atoms with van der Waals surface area (Å²) in [6.07, 6.45) is 0.894. The molecule has 0 saturated carbocycles. The van der Waals surface area contributed by atoms with E-state index in [9.17, 15) is 4.39 Å². The fourth-order valence-corrected chi connectivity index (χ4v) is 1.43. The maximum absolute atomic E-state index is 13.0. The summed E-state index contributed by atoms with van der Waals surface area (Å²) in [4.78, 5) is 16.7. The normalized spacial score (nSPS) is 10.2. The van der Waals surface area contributed by atoms with Crippen LogP contribution in [0.5, 0.6) is 11.8 Å². The molecule has 0 saturated heterocycles. The third-order valence-electron chi connectivity index (χ3n) is 2.27. The van der Waals surface area contributed by atoms with E-state index in [2.05, 4.69) is 14.9 Å². The lowest BCUT2D eigenvalue weighted by Crippen LogP contribution is -2.04. The summed E-state index contributed by atoms with van der Waals surface area (Å²) in [6.45, 7) is 0.150. The first-order valence-corrected chi connectivity index (χ1v) is 5.58. The van der Waals surface area contributed by atoms with Gasteiger partial charge in [-0.05, 0) is 17.7 Å². The molecule has 0 amide bonds. The van der Waals surface area contributed by atoms with Crippen molar-refractivity contribution >= 4 is 5.82 Å². The van der Waals surface area contributed by atoms with Crippen molar-refractivity contribution in [2.75, 3.05) is 12.6 Å². The standard InChI is InChI=1S/C12H12FN3O4/c1-18-20-9-4-2-3-8(5-9)7-19-12-14-6-10(13)11(15-12)16-17/h2-6,17H,7H2,1H3,(H,14,15,16). The molecule has 0 fully saturated rings. The van der Waals surface area contributed by atoms with Crippen LogP contribution in [0.25, 0.3) is 0 Å². The van der Waals surface area contributed by atoms with Crippen molar-refractivity contribution in [3.8, 4) is 11.8 Å². The number of hydrogen-bond acceptors (Lipinski definition) is 7. The maximum atomic E-state index is 13.0. The maximum Gasteiger partial charge on any atom is 0.318 e. The summed E-state index contributed by atoms with van der Waals surface area (Å²) >= 11 is 0. The highest BCUT2D eigenvalue weighted by Crippen LogP contribution is 2.16. The molecule has 0 bridgehead atoms. The Morgan fingerprint density at radius 3 is 3.00 bits per heavy atom. The minimum absolute atomic E-state index is 0.0685. The minimum Gasteiger partial charge on any atom is -0.459 e. The van der Waals surface area contributed by atoms with Crippen molar-refractivity contribution in [1.29, 1.82) is 0 Å². The lowest BCUT2D eigenvalue weighted by atomic mass is 10.2. The second-order valence-corrected chi connectivity index (χ2v) is 3.65. The second-order valence-electron chi connectivity index (χ2n) is 3.65. The Morgan fingerprint density at radius 1 is 1.40 bits per heavy atom. The topological polar surface area (TPSA) is 85.7 Å². The number of halogens is 1. The molecule has 0 spiro atoms. The van der Waals surface area contributed by atoms with Crippen LogP contribution in [0.2, 0.25) is 0 Å². The summed E-state index contributed by atoms with van der Waals surface area (Å²) in [5, 5.41) is 8.66. The Kier molecular flexibility index (Phi) is 4.64. The molecule has 0 aliphatic heterocycles. The van der Waals surface area contributed by atoms with Gasteiger partial charge in [0.1, 0.15) is 6.61 Å². The summed E-state index contributed by atoms with van der Waals surface area (Å²) in [5.74, 6) is -0.617. The number of ether oxygens (including phenoxy) is 1. The number of nitrogens with one attached hydrogen (secondary N) is 1. The van der Waals surface area contributed by atoms with Crippen LogP contribution >= 0.6 is 0 Å². The van der Waals surface area contributed by atoms with Gasteiger partial charge in [-0.25, -0.2) is 14.9 Å². The van der Waals surface area contributed by atoms with Gasteiger partial charge in [0.05, 0.1) is 13.3 Å². The fraction of sp³-hybridized carbons (Fsp3) is 0.167. The number of rotatable bonds is 6. The summed E-state index contributed by atoms with van der Waals surface area (Å²) in [7, 11) is 1.40. The summed E-state index contributed by atoms with van der Waals surface area (Å²) in [5.41, 5.74) is 2.40. The van der Waals surface area contributed by atoms with E-state index in [1.807, 2.05) is 0 Å². The van der Waals surface area contributed by atoms with E-state index in [1.54, 1.807) is 29.7 Å². The first-order valence-electron chi connectivity index (χ1n) is 5.58. The molecule has 2 N–H and O–H groups in total. The number of nitrogens with zero attached hydrogens (tertiary/aromatic N) is 2. The van der Waals surface area contributed by atoms with Crippen molar-refractivity contribution in [1.82, 2.24) is 9.97 Å². The highest BCUT2D eigenvalue weighted by Gasteiger charge is 2.07. The fourth-order valence-electron chi connectivity index (χ4n) is 1.43. The Morgan fingerprint density at radius 2 is 2.25 bits per heavy atom. The van der Waals surface area contributed by atoms with Gasteiger partial charge in [-0.15, -0.1) is 0 Å². The van der Waals surface area contributed by atoms with Crippen LogP contribution in [0.3, 0.4) is 0 Å². The van der Waals surface area contributed by atoms with Crippen molar-refractivity contribution in [3.05, 3.63) is 41.8 Å².